The van der Waals surface area contributed by atoms with Crippen molar-refractivity contribution in [3.8, 4) is 0 Å². The van der Waals surface area contributed by atoms with Crippen molar-refractivity contribution in [2.45, 2.75) is 25.6 Å². The molecule has 0 spiro atoms. The van der Waals surface area contributed by atoms with Crippen molar-refractivity contribution in [1.82, 2.24) is 0 Å². The predicted molar refractivity (Wildman–Crippen MR) is 62.8 cm³/mol. The molecule has 0 heterocycles. The average molecular weight is 282 g/mol. The Labute approximate surface area is 97.4 Å². The second-order valence-electron chi connectivity index (χ2n) is 3.27. The minimum absolute atomic E-state index is 0.423. The average Bonchev–Trinajstić information content (AvgIpc) is 2.09. The summed E-state index contributed by atoms with van der Waals surface area (Å²) < 4.78 is 0.927. The minimum Gasteiger partial charge on any atom is -0.122 e. The SMILES string of the molecule is CC(C)c1cc(CCl)cc(Br)c1Cl. The van der Waals surface area contributed by atoms with Crippen LogP contribution in [-0.4, -0.2) is 0 Å². The summed E-state index contributed by atoms with van der Waals surface area (Å²) in [6.07, 6.45) is 0. The van der Waals surface area contributed by atoms with E-state index in [1.165, 1.54) is 0 Å². The smallest absolute Gasteiger partial charge is 0.0582 e. The second kappa shape index (κ2) is 4.68. The Kier molecular flexibility index (Phi) is 4.08. The fraction of sp³-hybridized carbons (Fsp3) is 0.400. The van der Waals surface area contributed by atoms with E-state index in [4.69, 9.17) is 23.2 Å². The van der Waals surface area contributed by atoms with E-state index >= 15 is 0 Å². The fourth-order valence-corrected chi connectivity index (χ4v) is 2.17. The molecule has 0 saturated heterocycles. The molecular weight excluding hydrogens is 271 g/mol. The maximum atomic E-state index is 6.13. The van der Waals surface area contributed by atoms with Crippen LogP contribution in [0.15, 0.2) is 16.6 Å². The number of hydrogen-bond donors (Lipinski definition) is 0. The van der Waals surface area contributed by atoms with Crippen molar-refractivity contribution in [3.05, 3.63) is 32.8 Å². The van der Waals surface area contributed by atoms with Gasteiger partial charge in [-0.05, 0) is 39.0 Å². The molecule has 0 aliphatic carbocycles. The van der Waals surface area contributed by atoms with E-state index in [1.54, 1.807) is 0 Å². The summed E-state index contributed by atoms with van der Waals surface area (Å²) in [5.74, 6) is 0.946. The van der Waals surface area contributed by atoms with E-state index in [9.17, 15) is 0 Å². The monoisotopic (exact) mass is 280 g/mol. The molecule has 0 atom stereocenters. The maximum absolute atomic E-state index is 6.13. The lowest BCUT2D eigenvalue weighted by atomic mass is 10.0. The third-order valence-corrected chi connectivity index (χ3v) is 3.48. The number of hydrogen-bond acceptors (Lipinski definition) is 0. The van der Waals surface area contributed by atoms with Gasteiger partial charge in [0.15, 0.2) is 0 Å². The molecule has 0 aromatic heterocycles. The Morgan fingerprint density at radius 1 is 1.38 bits per heavy atom. The largest absolute Gasteiger partial charge is 0.122 e. The highest BCUT2D eigenvalue weighted by atomic mass is 79.9. The van der Waals surface area contributed by atoms with Crippen LogP contribution in [0.4, 0.5) is 0 Å². The van der Waals surface area contributed by atoms with Gasteiger partial charge in [-0.1, -0.05) is 31.5 Å². The van der Waals surface area contributed by atoms with Crippen molar-refractivity contribution in [2.24, 2.45) is 0 Å². The summed E-state index contributed by atoms with van der Waals surface area (Å²) in [4.78, 5) is 0. The molecule has 1 aromatic carbocycles. The lowest BCUT2D eigenvalue weighted by Crippen LogP contribution is -1.92. The van der Waals surface area contributed by atoms with Gasteiger partial charge in [0, 0.05) is 10.4 Å². The first-order chi connectivity index (χ1) is 6.06. The number of benzene rings is 1. The van der Waals surface area contributed by atoms with Gasteiger partial charge in [0.2, 0.25) is 0 Å². The topological polar surface area (TPSA) is 0 Å². The number of halogens is 3. The van der Waals surface area contributed by atoms with Crippen LogP contribution in [0.25, 0.3) is 0 Å². The molecule has 0 aliphatic rings. The fourth-order valence-electron chi connectivity index (χ4n) is 1.17. The van der Waals surface area contributed by atoms with Crippen LogP contribution in [0.5, 0.6) is 0 Å². The molecule has 1 rings (SSSR count). The Hall–Kier alpha value is 0.280. The lowest BCUT2D eigenvalue weighted by Gasteiger charge is -2.11. The van der Waals surface area contributed by atoms with Crippen molar-refractivity contribution >= 4 is 39.1 Å². The molecule has 0 unspecified atom stereocenters. The van der Waals surface area contributed by atoms with Crippen LogP contribution in [-0.2, 0) is 5.88 Å². The zero-order chi connectivity index (χ0) is 10.0. The maximum Gasteiger partial charge on any atom is 0.0582 e. The highest BCUT2D eigenvalue weighted by Crippen LogP contribution is 2.32. The van der Waals surface area contributed by atoms with Gasteiger partial charge in [0.1, 0.15) is 0 Å². The Morgan fingerprint density at radius 3 is 2.46 bits per heavy atom. The van der Waals surface area contributed by atoms with Crippen molar-refractivity contribution in [2.75, 3.05) is 0 Å². The first-order valence-corrected chi connectivity index (χ1v) is 5.80. The molecular formula is C10H11BrCl2. The summed E-state index contributed by atoms with van der Waals surface area (Å²) in [5, 5.41) is 0.795. The van der Waals surface area contributed by atoms with Gasteiger partial charge in [0.25, 0.3) is 0 Å². The molecule has 0 amide bonds. The quantitative estimate of drug-likeness (QED) is 0.672. The van der Waals surface area contributed by atoms with E-state index in [-0.39, 0.29) is 0 Å². The summed E-state index contributed by atoms with van der Waals surface area (Å²) in [6, 6.07) is 4.02. The number of rotatable bonds is 2. The zero-order valence-corrected chi connectivity index (χ0v) is 10.7. The summed E-state index contributed by atoms with van der Waals surface area (Å²) in [7, 11) is 0. The van der Waals surface area contributed by atoms with Crippen molar-refractivity contribution in [1.29, 1.82) is 0 Å². The standard InChI is InChI=1S/C10H11BrCl2/c1-6(2)8-3-7(5-12)4-9(11)10(8)13/h3-4,6H,5H2,1-2H3. The van der Waals surface area contributed by atoms with Crippen LogP contribution in [0.1, 0.15) is 30.9 Å². The van der Waals surface area contributed by atoms with Crippen LogP contribution in [0, 0.1) is 0 Å². The lowest BCUT2D eigenvalue weighted by molar-refractivity contribution is 0.863. The molecule has 0 N–H and O–H groups in total. The van der Waals surface area contributed by atoms with E-state index in [0.717, 1.165) is 20.6 Å². The molecule has 13 heavy (non-hydrogen) atoms. The zero-order valence-electron chi connectivity index (χ0n) is 7.57. The van der Waals surface area contributed by atoms with E-state index < -0.39 is 0 Å². The number of alkyl halides is 1. The molecule has 0 bridgehead atoms. The van der Waals surface area contributed by atoms with Gasteiger partial charge in [-0.3, -0.25) is 0 Å². The molecule has 0 saturated carbocycles. The second-order valence-corrected chi connectivity index (χ2v) is 4.77. The summed E-state index contributed by atoms with van der Waals surface area (Å²) in [5.41, 5.74) is 2.24. The molecule has 0 fully saturated rings. The van der Waals surface area contributed by atoms with Gasteiger partial charge in [-0.25, -0.2) is 0 Å². The van der Waals surface area contributed by atoms with Crippen LogP contribution < -0.4 is 0 Å². The molecule has 0 aliphatic heterocycles. The van der Waals surface area contributed by atoms with E-state index in [0.29, 0.717) is 11.8 Å². The summed E-state index contributed by atoms with van der Waals surface area (Å²) >= 11 is 15.3. The highest BCUT2D eigenvalue weighted by molar-refractivity contribution is 9.10. The molecule has 1 aromatic rings. The van der Waals surface area contributed by atoms with Gasteiger partial charge in [0.05, 0.1) is 5.02 Å². The molecule has 72 valence electrons. The normalized spacial score (nSPS) is 10.9. The van der Waals surface area contributed by atoms with Crippen LogP contribution in [0.3, 0.4) is 0 Å². The molecule has 0 nitrogen and oxygen atoms in total. The minimum atomic E-state index is 0.423. The Balaban J connectivity index is 3.25. The third-order valence-electron chi connectivity index (χ3n) is 1.89. The predicted octanol–water partition coefficient (Wildman–Crippen LogP) is 4.96. The first-order valence-electron chi connectivity index (χ1n) is 4.10. The van der Waals surface area contributed by atoms with Gasteiger partial charge < -0.3 is 0 Å². The van der Waals surface area contributed by atoms with Gasteiger partial charge in [-0.15, -0.1) is 11.6 Å². The van der Waals surface area contributed by atoms with Gasteiger partial charge in [-0.2, -0.15) is 0 Å². The van der Waals surface area contributed by atoms with E-state index in [1.807, 2.05) is 6.07 Å². The van der Waals surface area contributed by atoms with E-state index in [2.05, 4.69) is 35.8 Å². The Bertz CT molecular complexity index is 308. The van der Waals surface area contributed by atoms with Crippen molar-refractivity contribution in [3.63, 3.8) is 0 Å². The van der Waals surface area contributed by atoms with Gasteiger partial charge >= 0.3 is 0 Å². The highest BCUT2D eigenvalue weighted by Gasteiger charge is 2.09. The van der Waals surface area contributed by atoms with Crippen molar-refractivity contribution < 1.29 is 0 Å². The molecule has 0 radical (unpaired) electrons. The van der Waals surface area contributed by atoms with Crippen LogP contribution in [0.2, 0.25) is 5.02 Å². The third kappa shape index (κ3) is 2.61. The summed E-state index contributed by atoms with van der Waals surface area (Å²) in [6.45, 7) is 4.23. The van der Waals surface area contributed by atoms with Crippen LogP contribution >= 0.6 is 39.1 Å². The first kappa shape index (κ1) is 11.4. The Morgan fingerprint density at radius 2 is 2.00 bits per heavy atom. The molecule has 3 heteroatoms.